The van der Waals surface area contributed by atoms with Gasteiger partial charge in [-0.2, -0.15) is 0 Å². The number of fused-ring (bicyclic) bond motifs is 9. The lowest BCUT2D eigenvalue weighted by Gasteiger charge is -2.13. The number of hydrogen-bond donors (Lipinski definition) is 0. The fourth-order valence-electron chi connectivity index (χ4n) is 8.19. The van der Waals surface area contributed by atoms with E-state index in [4.69, 9.17) is 9.97 Å². The van der Waals surface area contributed by atoms with Crippen LogP contribution in [0.4, 0.5) is 0 Å². The van der Waals surface area contributed by atoms with Crippen LogP contribution in [0.1, 0.15) is 0 Å². The molecule has 0 spiro atoms. The van der Waals surface area contributed by atoms with Crippen molar-refractivity contribution >= 4 is 65.3 Å². The maximum Gasteiger partial charge on any atom is 0.235 e. The second kappa shape index (κ2) is 11.2. The van der Waals surface area contributed by atoms with Gasteiger partial charge in [0.2, 0.25) is 5.95 Å². The normalized spacial score (nSPS) is 11.8. The summed E-state index contributed by atoms with van der Waals surface area (Å²) >= 11 is 0. The highest BCUT2D eigenvalue weighted by molar-refractivity contribution is 6.22. The van der Waals surface area contributed by atoms with Gasteiger partial charge in [0.1, 0.15) is 0 Å². The lowest BCUT2D eigenvalue weighted by Crippen LogP contribution is -2.03. The summed E-state index contributed by atoms with van der Waals surface area (Å²) < 4.78 is 4.64. The summed E-state index contributed by atoms with van der Waals surface area (Å²) in [6.07, 6.45) is 0. The van der Waals surface area contributed by atoms with Crippen LogP contribution in [0.5, 0.6) is 0 Å². The van der Waals surface area contributed by atoms with Gasteiger partial charge in [-0.1, -0.05) is 133 Å². The van der Waals surface area contributed by atoms with Crippen LogP contribution in [0, 0.1) is 0 Å². The average Bonchev–Trinajstić information content (AvgIpc) is 3.74. The Balaban J connectivity index is 1.18. The van der Waals surface area contributed by atoms with E-state index in [2.05, 4.69) is 191 Å². The Kier molecular flexibility index (Phi) is 6.22. The third-order valence-corrected chi connectivity index (χ3v) is 10.5. The average molecular weight is 663 g/mol. The minimum atomic E-state index is 0.655. The fourth-order valence-corrected chi connectivity index (χ4v) is 8.19. The molecule has 0 aliphatic heterocycles. The van der Waals surface area contributed by atoms with Crippen LogP contribution in [0.15, 0.2) is 182 Å². The SMILES string of the molecule is c1ccc(-c2cccc(-c3nc(-n4c5ccccc5c5c6cc(-n7c8ccccc8c8ccccc87)ccc6ccc54)nc4ccccc34)c2)cc1. The summed E-state index contributed by atoms with van der Waals surface area (Å²) in [6, 6.07) is 64.9. The van der Waals surface area contributed by atoms with Crippen molar-refractivity contribution in [3.8, 4) is 34.0 Å². The van der Waals surface area contributed by atoms with Gasteiger partial charge in [0, 0.05) is 38.2 Å². The predicted molar refractivity (Wildman–Crippen MR) is 217 cm³/mol. The number of aromatic nitrogens is 4. The third kappa shape index (κ3) is 4.28. The topological polar surface area (TPSA) is 35.6 Å². The standard InChI is InChI=1S/C48H30N4/c1-2-13-31(14-3-1)33-15-12-16-34(29-33)47-38-19-4-8-21-41(38)49-48(50-47)52-44-24-11-7-20-39(44)46-40-30-35(27-25-32(40)26-28-45(46)52)51-42-22-9-5-17-36(42)37-18-6-10-23-43(37)51/h1-30H. The molecule has 52 heavy (non-hydrogen) atoms. The molecule has 4 heteroatoms. The van der Waals surface area contributed by atoms with Crippen LogP contribution in [0.2, 0.25) is 0 Å². The molecule has 0 unspecified atom stereocenters. The predicted octanol–water partition coefficient (Wildman–Crippen LogP) is 12.3. The highest BCUT2D eigenvalue weighted by Gasteiger charge is 2.20. The molecule has 11 aromatic rings. The molecule has 0 aliphatic rings. The van der Waals surface area contributed by atoms with E-state index in [1.54, 1.807) is 0 Å². The number of hydrogen-bond acceptors (Lipinski definition) is 2. The van der Waals surface area contributed by atoms with Gasteiger partial charge >= 0.3 is 0 Å². The maximum atomic E-state index is 5.40. The van der Waals surface area contributed by atoms with Crippen molar-refractivity contribution < 1.29 is 0 Å². The molecule has 3 aromatic heterocycles. The number of benzene rings is 8. The van der Waals surface area contributed by atoms with Crippen LogP contribution in [0.3, 0.4) is 0 Å². The van der Waals surface area contributed by atoms with Crippen LogP contribution in [-0.2, 0) is 0 Å². The summed E-state index contributed by atoms with van der Waals surface area (Å²) in [5, 5.41) is 8.30. The van der Waals surface area contributed by atoms with Crippen molar-refractivity contribution in [1.29, 1.82) is 0 Å². The van der Waals surface area contributed by atoms with Crippen molar-refractivity contribution in [3.63, 3.8) is 0 Å². The molecular weight excluding hydrogens is 633 g/mol. The molecule has 0 N–H and O–H groups in total. The first-order valence-electron chi connectivity index (χ1n) is 17.7. The number of nitrogens with zero attached hydrogens (tertiary/aromatic N) is 4. The molecule has 8 aromatic carbocycles. The molecule has 0 saturated heterocycles. The van der Waals surface area contributed by atoms with Crippen molar-refractivity contribution in [2.45, 2.75) is 0 Å². The van der Waals surface area contributed by atoms with Crippen molar-refractivity contribution in [1.82, 2.24) is 19.1 Å². The van der Waals surface area contributed by atoms with E-state index < -0.39 is 0 Å². The number of para-hydroxylation sites is 4. The van der Waals surface area contributed by atoms with Crippen LogP contribution >= 0.6 is 0 Å². The van der Waals surface area contributed by atoms with Gasteiger partial charge in [0.25, 0.3) is 0 Å². The van der Waals surface area contributed by atoms with Crippen molar-refractivity contribution in [2.24, 2.45) is 0 Å². The fraction of sp³-hybridized carbons (Fsp3) is 0. The molecule has 3 heterocycles. The highest BCUT2D eigenvalue weighted by Crippen LogP contribution is 2.40. The zero-order valence-corrected chi connectivity index (χ0v) is 28.1. The van der Waals surface area contributed by atoms with E-state index in [1.165, 1.54) is 48.9 Å². The Bertz CT molecular complexity index is 3130. The Hall–Kier alpha value is -7.04. The van der Waals surface area contributed by atoms with Crippen molar-refractivity contribution in [3.05, 3.63) is 182 Å². The molecule has 242 valence electrons. The van der Waals surface area contributed by atoms with Gasteiger partial charge < -0.3 is 4.57 Å². The quantitative estimate of drug-likeness (QED) is 0.188. The Labute approximate surface area is 299 Å². The molecule has 0 bridgehead atoms. The van der Waals surface area contributed by atoms with Gasteiger partial charge in [-0.25, -0.2) is 9.97 Å². The first-order chi connectivity index (χ1) is 25.8. The molecule has 0 fully saturated rings. The molecule has 0 saturated carbocycles. The summed E-state index contributed by atoms with van der Waals surface area (Å²) in [5.41, 5.74) is 10.9. The largest absolute Gasteiger partial charge is 0.309 e. The Morgan fingerprint density at radius 2 is 0.942 bits per heavy atom. The minimum Gasteiger partial charge on any atom is -0.309 e. The van der Waals surface area contributed by atoms with Gasteiger partial charge in [-0.3, -0.25) is 4.57 Å². The summed E-state index contributed by atoms with van der Waals surface area (Å²) in [7, 11) is 0. The van der Waals surface area contributed by atoms with E-state index >= 15 is 0 Å². The zero-order valence-electron chi connectivity index (χ0n) is 28.1. The first kappa shape index (κ1) is 28.8. The molecule has 0 amide bonds. The van der Waals surface area contributed by atoms with Gasteiger partial charge in [0.15, 0.2) is 0 Å². The summed E-state index contributed by atoms with van der Waals surface area (Å²) in [6.45, 7) is 0. The van der Waals surface area contributed by atoms with E-state index in [1.807, 2.05) is 0 Å². The summed E-state index contributed by atoms with van der Waals surface area (Å²) in [5.74, 6) is 0.655. The first-order valence-corrected chi connectivity index (χ1v) is 17.7. The molecule has 4 nitrogen and oxygen atoms in total. The molecular formula is C48H30N4. The Morgan fingerprint density at radius 1 is 0.346 bits per heavy atom. The number of rotatable bonds is 4. The van der Waals surface area contributed by atoms with Crippen LogP contribution < -0.4 is 0 Å². The van der Waals surface area contributed by atoms with E-state index in [0.717, 1.165) is 44.4 Å². The zero-order chi connectivity index (χ0) is 34.2. The molecule has 11 rings (SSSR count). The summed E-state index contributed by atoms with van der Waals surface area (Å²) in [4.78, 5) is 10.6. The smallest absolute Gasteiger partial charge is 0.235 e. The van der Waals surface area contributed by atoms with Crippen molar-refractivity contribution in [2.75, 3.05) is 0 Å². The maximum absolute atomic E-state index is 5.40. The van der Waals surface area contributed by atoms with E-state index in [-0.39, 0.29) is 0 Å². The highest BCUT2D eigenvalue weighted by atomic mass is 15.2. The molecule has 0 radical (unpaired) electrons. The lowest BCUT2D eigenvalue weighted by atomic mass is 10.00. The lowest BCUT2D eigenvalue weighted by molar-refractivity contribution is 1.01. The molecule has 0 aliphatic carbocycles. The van der Waals surface area contributed by atoms with E-state index in [9.17, 15) is 0 Å². The van der Waals surface area contributed by atoms with Crippen LogP contribution in [-0.4, -0.2) is 19.1 Å². The second-order valence-corrected chi connectivity index (χ2v) is 13.4. The monoisotopic (exact) mass is 662 g/mol. The second-order valence-electron chi connectivity index (χ2n) is 13.4. The van der Waals surface area contributed by atoms with Gasteiger partial charge in [0.05, 0.1) is 33.3 Å². The van der Waals surface area contributed by atoms with Gasteiger partial charge in [-0.05, 0) is 70.4 Å². The molecule has 0 atom stereocenters. The van der Waals surface area contributed by atoms with E-state index in [0.29, 0.717) is 5.95 Å². The minimum absolute atomic E-state index is 0.655. The Morgan fingerprint density at radius 3 is 1.71 bits per heavy atom. The van der Waals surface area contributed by atoms with Crippen LogP contribution in [0.25, 0.3) is 99.3 Å². The van der Waals surface area contributed by atoms with Gasteiger partial charge in [-0.15, -0.1) is 0 Å². The third-order valence-electron chi connectivity index (χ3n) is 10.5.